The molecule has 2 rings (SSSR count). The highest BCUT2D eigenvalue weighted by Crippen LogP contribution is 2.25. The lowest BCUT2D eigenvalue weighted by Gasteiger charge is -2.22. The SMILES string of the molecule is CCCC(C)(N)C(=O)Nc1ccc(-c2nc(C)cs2)cc1.Cl. The number of aryl methyl sites for hydroxylation is 1. The second kappa shape index (κ2) is 7.72. The number of carbonyl (C=O) groups excluding carboxylic acids is 1. The lowest BCUT2D eigenvalue weighted by atomic mass is 9.96. The van der Waals surface area contributed by atoms with Crippen LogP contribution in [0.1, 0.15) is 32.4 Å². The molecule has 0 spiro atoms. The first-order valence-electron chi connectivity index (χ1n) is 7.05. The van der Waals surface area contributed by atoms with Gasteiger partial charge in [0.15, 0.2) is 0 Å². The second-order valence-electron chi connectivity index (χ2n) is 5.49. The standard InChI is InChI=1S/C16H21N3OS.ClH/c1-4-9-16(3,17)15(20)19-13-7-5-12(6-8-13)14-18-11(2)10-21-14;/h5-8,10H,4,9,17H2,1-3H3,(H,19,20);1H. The van der Waals surface area contributed by atoms with Crippen LogP contribution < -0.4 is 11.1 Å². The van der Waals surface area contributed by atoms with E-state index in [1.54, 1.807) is 18.3 Å². The molecule has 1 heterocycles. The average molecular weight is 340 g/mol. The van der Waals surface area contributed by atoms with E-state index in [-0.39, 0.29) is 18.3 Å². The Balaban J connectivity index is 0.00000242. The van der Waals surface area contributed by atoms with Gasteiger partial charge in [-0.3, -0.25) is 4.79 Å². The number of hydrogen-bond donors (Lipinski definition) is 2. The van der Waals surface area contributed by atoms with Gasteiger partial charge in [0.25, 0.3) is 0 Å². The van der Waals surface area contributed by atoms with E-state index in [2.05, 4.69) is 10.3 Å². The monoisotopic (exact) mass is 339 g/mol. The Kier molecular flexibility index (Phi) is 6.53. The van der Waals surface area contributed by atoms with Gasteiger partial charge >= 0.3 is 0 Å². The minimum atomic E-state index is -0.833. The van der Waals surface area contributed by atoms with Crippen LogP contribution in [0.25, 0.3) is 10.6 Å². The number of nitrogens with two attached hydrogens (primary N) is 1. The van der Waals surface area contributed by atoms with Crippen LogP contribution in [0.5, 0.6) is 0 Å². The summed E-state index contributed by atoms with van der Waals surface area (Å²) in [6, 6.07) is 7.68. The Morgan fingerprint density at radius 2 is 2.00 bits per heavy atom. The zero-order valence-corrected chi connectivity index (χ0v) is 14.7. The first-order chi connectivity index (χ1) is 9.92. The molecule has 0 saturated carbocycles. The number of halogens is 1. The summed E-state index contributed by atoms with van der Waals surface area (Å²) in [6.07, 6.45) is 1.54. The predicted octanol–water partition coefficient (Wildman–Crippen LogP) is 4.00. The van der Waals surface area contributed by atoms with Gasteiger partial charge in [-0.05, 0) is 44.5 Å². The number of aromatic nitrogens is 1. The topological polar surface area (TPSA) is 68.0 Å². The minimum Gasteiger partial charge on any atom is -0.325 e. The predicted molar refractivity (Wildman–Crippen MR) is 95.7 cm³/mol. The summed E-state index contributed by atoms with van der Waals surface area (Å²) in [5.41, 5.74) is 8.01. The average Bonchev–Trinajstić information content (AvgIpc) is 2.86. The van der Waals surface area contributed by atoms with Gasteiger partial charge in [0.1, 0.15) is 5.01 Å². The molecule has 0 aliphatic rings. The fraction of sp³-hybridized carbons (Fsp3) is 0.375. The maximum atomic E-state index is 12.1. The number of nitrogens with zero attached hydrogens (tertiary/aromatic N) is 1. The third kappa shape index (κ3) is 4.53. The van der Waals surface area contributed by atoms with E-state index in [0.717, 1.165) is 28.4 Å². The van der Waals surface area contributed by atoms with E-state index in [1.165, 1.54) is 0 Å². The maximum absolute atomic E-state index is 12.1. The van der Waals surface area contributed by atoms with Crippen LogP contribution in [0, 0.1) is 6.92 Å². The molecule has 0 radical (unpaired) electrons. The Morgan fingerprint density at radius 3 is 2.50 bits per heavy atom. The Morgan fingerprint density at radius 1 is 1.36 bits per heavy atom. The number of thiazole rings is 1. The van der Waals surface area contributed by atoms with Crippen molar-refractivity contribution in [1.29, 1.82) is 0 Å². The number of rotatable bonds is 5. The fourth-order valence-electron chi connectivity index (χ4n) is 2.09. The van der Waals surface area contributed by atoms with Crippen molar-refractivity contribution >= 4 is 35.3 Å². The molecule has 0 aliphatic carbocycles. The van der Waals surface area contributed by atoms with Crippen LogP contribution in [0.4, 0.5) is 5.69 Å². The quantitative estimate of drug-likeness (QED) is 0.865. The number of nitrogens with one attached hydrogen (secondary N) is 1. The zero-order chi connectivity index (χ0) is 15.5. The van der Waals surface area contributed by atoms with Crippen molar-refractivity contribution in [3.8, 4) is 10.6 Å². The maximum Gasteiger partial charge on any atom is 0.244 e. The van der Waals surface area contributed by atoms with Crippen LogP contribution in [0.2, 0.25) is 0 Å². The van der Waals surface area contributed by atoms with Crippen LogP contribution in [0.3, 0.4) is 0 Å². The van der Waals surface area contributed by atoms with E-state index < -0.39 is 5.54 Å². The molecule has 6 heteroatoms. The molecule has 120 valence electrons. The van der Waals surface area contributed by atoms with Crippen molar-refractivity contribution in [2.75, 3.05) is 5.32 Å². The highest BCUT2D eigenvalue weighted by atomic mass is 35.5. The molecule has 22 heavy (non-hydrogen) atoms. The lowest BCUT2D eigenvalue weighted by Crippen LogP contribution is -2.48. The van der Waals surface area contributed by atoms with Crippen molar-refractivity contribution in [2.45, 2.75) is 39.2 Å². The van der Waals surface area contributed by atoms with Gasteiger partial charge < -0.3 is 11.1 Å². The summed E-state index contributed by atoms with van der Waals surface area (Å²) in [5.74, 6) is -0.151. The molecule has 0 saturated heterocycles. The molecule has 1 amide bonds. The summed E-state index contributed by atoms with van der Waals surface area (Å²) in [5, 5.41) is 5.88. The number of carbonyl (C=O) groups is 1. The van der Waals surface area contributed by atoms with E-state index in [0.29, 0.717) is 6.42 Å². The zero-order valence-electron chi connectivity index (χ0n) is 13.1. The lowest BCUT2D eigenvalue weighted by molar-refractivity contribution is -0.120. The van der Waals surface area contributed by atoms with Crippen molar-refractivity contribution in [1.82, 2.24) is 4.98 Å². The minimum absolute atomic E-state index is 0. The van der Waals surface area contributed by atoms with Gasteiger partial charge in [0.2, 0.25) is 5.91 Å². The van der Waals surface area contributed by atoms with Gasteiger partial charge in [0.05, 0.1) is 5.54 Å². The van der Waals surface area contributed by atoms with Crippen molar-refractivity contribution < 1.29 is 4.79 Å². The van der Waals surface area contributed by atoms with Crippen LogP contribution >= 0.6 is 23.7 Å². The third-order valence-electron chi connectivity index (χ3n) is 3.30. The molecule has 1 aromatic heterocycles. The summed E-state index contributed by atoms with van der Waals surface area (Å²) in [6.45, 7) is 5.76. The summed E-state index contributed by atoms with van der Waals surface area (Å²) in [4.78, 5) is 16.6. The van der Waals surface area contributed by atoms with E-state index in [4.69, 9.17) is 5.73 Å². The van der Waals surface area contributed by atoms with Gasteiger partial charge in [0, 0.05) is 22.3 Å². The molecule has 0 aliphatic heterocycles. The molecule has 3 N–H and O–H groups in total. The molecule has 2 aromatic rings. The van der Waals surface area contributed by atoms with Crippen LogP contribution in [-0.4, -0.2) is 16.4 Å². The molecule has 0 bridgehead atoms. The van der Waals surface area contributed by atoms with Gasteiger partial charge in [-0.15, -0.1) is 23.7 Å². The van der Waals surface area contributed by atoms with Crippen LogP contribution in [-0.2, 0) is 4.79 Å². The molecule has 1 aromatic carbocycles. The van der Waals surface area contributed by atoms with Crippen LogP contribution in [0.15, 0.2) is 29.6 Å². The number of benzene rings is 1. The summed E-state index contributed by atoms with van der Waals surface area (Å²) >= 11 is 1.61. The smallest absolute Gasteiger partial charge is 0.244 e. The fourth-order valence-corrected chi connectivity index (χ4v) is 2.89. The van der Waals surface area contributed by atoms with Crippen molar-refractivity contribution in [3.63, 3.8) is 0 Å². The van der Waals surface area contributed by atoms with Gasteiger partial charge in [-0.2, -0.15) is 0 Å². The first-order valence-corrected chi connectivity index (χ1v) is 7.93. The molecule has 4 nitrogen and oxygen atoms in total. The first kappa shape index (κ1) is 18.6. The molecule has 0 fully saturated rings. The number of anilines is 1. The Labute approximate surface area is 141 Å². The summed E-state index contributed by atoms with van der Waals surface area (Å²) < 4.78 is 0. The largest absolute Gasteiger partial charge is 0.325 e. The van der Waals surface area contributed by atoms with E-state index in [1.807, 2.05) is 43.5 Å². The Bertz CT molecular complexity index is 623. The molecule has 1 atom stereocenters. The molecular weight excluding hydrogens is 318 g/mol. The van der Waals surface area contributed by atoms with Gasteiger partial charge in [-0.25, -0.2) is 4.98 Å². The van der Waals surface area contributed by atoms with E-state index >= 15 is 0 Å². The van der Waals surface area contributed by atoms with E-state index in [9.17, 15) is 4.79 Å². The number of amides is 1. The van der Waals surface area contributed by atoms with Crippen molar-refractivity contribution in [3.05, 3.63) is 35.3 Å². The third-order valence-corrected chi connectivity index (χ3v) is 4.31. The highest BCUT2D eigenvalue weighted by Gasteiger charge is 2.27. The molecular formula is C16H22ClN3OS. The molecule has 1 unspecified atom stereocenters. The second-order valence-corrected chi connectivity index (χ2v) is 6.35. The highest BCUT2D eigenvalue weighted by molar-refractivity contribution is 7.13. The van der Waals surface area contributed by atoms with Gasteiger partial charge in [-0.1, -0.05) is 13.3 Å². The normalized spacial score (nSPS) is 13.1. The Hall–Kier alpha value is -1.43. The van der Waals surface area contributed by atoms with Crippen molar-refractivity contribution in [2.24, 2.45) is 5.73 Å². The number of hydrogen-bond acceptors (Lipinski definition) is 4. The summed E-state index contributed by atoms with van der Waals surface area (Å²) in [7, 11) is 0.